The highest BCUT2D eigenvalue weighted by Crippen LogP contribution is 2.05. The van der Waals surface area contributed by atoms with Crippen LogP contribution in [0.4, 0.5) is 5.82 Å². The van der Waals surface area contributed by atoms with Gasteiger partial charge in [0.2, 0.25) is 0 Å². The number of carbonyl (C=O) groups is 1. The smallest absolute Gasteiger partial charge is 0.358 e. The highest BCUT2D eigenvalue weighted by molar-refractivity contribution is 5.88. The Hall–Kier alpha value is -1.23. The highest BCUT2D eigenvalue weighted by Gasteiger charge is 2.11. The van der Waals surface area contributed by atoms with Crippen molar-refractivity contribution in [3.63, 3.8) is 0 Å². The van der Waals surface area contributed by atoms with Crippen LogP contribution in [0.3, 0.4) is 0 Å². The largest absolute Gasteiger partial charge is 0.461 e. The average Bonchev–Trinajstić information content (AvgIpc) is 2.33. The Morgan fingerprint density at radius 3 is 2.77 bits per heavy atom. The second-order valence-electron chi connectivity index (χ2n) is 2.30. The second kappa shape index (κ2) is 4.71. The number of nitrogens with two attached hydrogens (primary N) is 1. The summed E-state index contributed by atoms with van der Waals surface area (Å²) in [6, 6.07) is 1.48. The molecule has 1 rings (SSSR count). The second-order valence-corrected chi connectivity index (χ2v) is 2.30. The van der Waals surface area contributed by atoms with E-state index in [2.05, 4.69) is 5.10 Å². The molecule has 0 unspecified atom stereocenters. The number of aromatic nitrogens is 2. The van der Waals surface area contributed by atoms with E-state index in [0.29, 0.717) is 12.4 Å². The minimum absolute atomic E-state index is 0. The van der Waals surface area contributed by atoms with Gasteiger partial charge in [-0.3, -0.25) is 4.68 Å². The summed E-state index contributed by atoms with van der Waals surface area (Å²) in [5, 5.41) is 3.85. The number of esters is 1. The average molecular weight is 206 g/mol. The lowest BCUT2D eigenvalue weighted by Crippen LogP contribution is -2.06. The van der Waals surface area contributed by atoms with Gasteiger partial charge in [-0.15, -0.1) is 12.4 Å². The van der Waals surface area contributed by atoms with Crippen LogP contribution >= 0.6 is 12.4 Å². The Morgan fingerprint density at radius 2 is 2.38 bits per heavy atom. The van der Waals surface area contributed by atoms with Crippen molar-refractivity contribution in [1.82, 2.24) is 9.78 Å². The molecule has 0 spiro atoms. The highest BCUT2D eigenvalue weighted by atomic mass is 35.5. The van der Waals surface area contributed by atoms with Gasteiger partial charge in [-0.2, -0.15) is 5.10 Å². The fourth-order valence-electron chi connectivity index (χ4n) is 0.786. The Morgan fingerprint density at radius 1 is 1.77 bits per heavy atom. The van der Waals surface area contributed by atoms with Gasteiger partial charge in [0.25, 0.3) is 0 Å². The number of ether oxygens (including phenoxy) is 1. The lowest BCUT2D eigenvalue weighted by atomic mass is 10.4. The zero-order chi connectivity index (χ0) is 9.14. The quantitative estimate of drug-likeness (QED) is 0.718. The van der Waals surface area contributed by atoms with E-state index in [-0.39, 0.29) is 18.1 Å². The number of carbonyl (C=O) groups excluding carboxylic acids is 1. The van der Waals surface area contributed by atoms with Crippen molar-refractivity contribution in [1.29, 1.82) is 0 Å². The molecular formula is C7H12ClN3O2. The molecule has 1 aromatic rings. The standard InChI is InChI=1S/C7H11N3O2.ClH/c1-3-12-7(11)5-4-6(8)10(2)9-5;/h4H,3,8H2,1-2H3;1H. The molecule has 74 valence electrons. The van der Waals surface area contributed by atoms with Gasteiger partial charge in [0.05, 0.1) is 6.61 Å². The number of halogens is 1. The summed E-state index contributed by atoms with van der Waals surface area (Å²) in [4.78, 5) is 11.1. The van der Waals surface area contributed by atoms with Crippen LogP contribution in [0.2, 0.25) is 0 Å². The minimum atomic E-state index is -0.440. The molecule has 0 aromatic carbocycles. The normalized spacial score (nSPS) is 9.08. The summed E-state index contributed by atoms with van der Waals surface area (Å²) < 4.78 is 6.15. The van der Waals surface area contributed by atoms with Gasteiger partial charge >= 0.3 is 5.97 Å². The summed E-state index contributed by atoms with van der Waals surface area (Å²) in [6.07, 6.45) is 0. The molecule has 0 aliphatic carbocycles. The van der Waals surface area contributed by atoms with E-state index in [0.717, 1.165) is 0 Å². The zero-order valence-electron chi connectivity index (χ0n) is 7.48. The molecular weight excluding hydrogens is 194 g/mol. The van der Waals surface area contributed by atoms with Crippen molar-refractivity contribution in [2.45, 2.75) is 6.92 Å². The number of hydrogen-bond acceptors (Lipinski definition) is 4. The number of hydrogen-bond donors (Lipinski definition) is 1. The molecule has 0 aliphatic rings. The van der Waals surface area contributed by atoms with Crippen molar-refractivity contribution < 1.29 is 9.53 Å². The fraction of sp³-hybridized carbons (Fsp3) is 0.429. The van der Waals surface area contributed by atoms with Gasteiger partial charge in [-0.25, -0.2) is 4.79 Å². The molecule has 0 saturated heterocycles. The van der Waals surface area contributed by atoms with Crippen molar-refractivity contribution in [2.24, 2.45) is 7.05 Å². The Labute approximate surface area is 82.3 Å². The summed E-state index contributed by atoms with van der Waals surface area (Å²) in [5.41, 5.74) is 5.71. The summed E-state index contributed by atoms with van der Waals surface area (Å²) >= 11 is 0. The molecule has 13 heavy (non-hydrogen) atoms. The molecule has 0 radical (unpaired) electrons. The predicted octanol–water partition coefficient (Wildman–Crippen LogP) is 0.601. The van der Waals surface area contributed by atoms with Crippen molar-refractivity contribution >= 4 is 24.2 Å². The summed E-state index contributed by atoms with van der Waals surface area (Å²) in [5.74, 6) is 0.00264. The van der Waals surface area contributed by atoms with E-state index in [4.69, 9.17) is 10.5 Å². The maximum atomic E-state index is 11.1. The molecule has 2 N–H and O–H groups in total. The third-order valence-corrected chi connectivity index (χ3v) is 1.40. The van der Waals surface area contributed by atoms with Crippen LogP contribution in [-0.2, 0) is 11.8 Å². The van der Waals surface area contributed by atoms with Gasteiger partial charge < -0.3 is 10.5 Å². The van der Waals surface area contributed by atoms with Crippen molar-refractivity contribution in [3.05, 3.63) is 11.8 Å². The van der Waals surface area contributed by atoms with E-state index in [1.165, 1.54) is 10.7 Å². The lowest BCUT2D eigenvalue weighted by Gasteiger charge is -1.95. The number of anilines is 1. The van der Waals surface area contributed by atoms with E-state index in [1.54, 1.807) is 14.0 Å². The summed E-state index contributed by atoms with van der Waals surface area (Å²) in [7, 11) is 1.66. The Bertz CT molecular complexity index is 278. The molecule has 0 saturated carbocycles. The SMILES string of the molecule is CCOC(=O)c1cc(N)n(C)n1.Cl. The van der Waals surface area contributed by atoms with Crippen LogP contribution in [0.1, 0.15) is 17.4 Å². The van der Waals surface area contributed by atoms with E-state index in [1.807, 2.05) is 0 Å². The third-order valence-electron chi connectivity index (χ3n) is 1.40. The fourth-order valence-corrected chi connectivity index (χ4v) is 0.786. The first kappa shape index (κ1) is 11.8. The van der Waals surface area contributed by atoms with Gasteiger partial charge in [-0.1, -0.05) is 0 Å². The van der Waals surface area contributed by atoms with E-state index in [9.17, 15) is 4.79 Å². The molecule has 5 nitrogen and oxygen atoms in total. The molecule has 0 atom stereocenters. The number of nitrogens with zero attached hydrogens (tertiary/aromatic N) is 2. The van der Waals surface area contributed by atoms with Crippen molar-refractivity contribution in [2.75, 3.05) is 12.3 Å². The first-order chi connectivity index (χ1) is 5.65. The van der Waals surface area contributed by atoms with Crippen LogP contribution in [0, 0.1) is 0 Å². The van der Waals surface area contributed by atoms with Crippen LogP contribution in [0.25, 0.3) is 0 Å². The molecule has 0 aliphatic heterocycles. The van der Waals surface area contributed by atoms with Gasteiger partial charge in [0.1, 0.15) is 5.82 Å². The van der Waals surface area contributed by atoms with Crippen LogP contribution in [0.5, 0.6) is 0 Å². The van der Waals surface area contributed by atoms with Crippen LogP contribution in [-0.4, -0.2) is 22.4 Å². The van der Waals surface area contributed by atoms with Gasteiger partial charge in [0, 0.05) is 13.1 Å². The molecule has 1 heterocycles. The van der Waals surface area contributed by atoms with Crippen molar-refractivity contribution in [3.8, 4) is 0 Å². The predicted molar refractivity (Wildman–Crippen MR) is 50.8 cm³/mol. The number of aryl methyl sites for hydroxylation is 1. The first-order valence-electron chi connectivity index (χ1n) is 3.61. The maximum Gasteiger partial charge on any atom is 0.358 e. The Balaban J connectivity index is 0.00000144. The molecule has 0 fully saturated rings. The zero-order valence-corrected chi connectivity index (χ0v) is 8.30. The lowest BCUT2D eigenvalue weighted by molar-refractivity contribution is 0.0518. The number of rotatable bonds is 2. The molecule has 0 bridgehead atoms. The van der Waals surface area contributed by atoms with Crippen LogP contribution in [0.15, 0.2) is 6.07 Å². The molecule has 1 aromatic heterocycles. The third kappa shape index (κ3) is 2.62. The number of nitrogen functional groups attached to an aromatic ring is 1. The monoisotopic (exact) mass is 205 g/mol. The first-order valence-corrected chi connectivity index (χ1v) is 3.61. The maximum absolute atomic E-state index is 11.1. The summed E-state index contributed by atoms with van der Waals surface area (Å²) in [6.45, 7) is 2.08. The van der Waals surface area contributed by atoms with E-state index >= 15 is 0 Å². The van der Waals surface area contributed by atoms with Crippen LogP contribution < -0.4 is 5.73 Å². The van der Waals surface area contributed by atoms with Gasteiger partial charge in [0.15, 0.2) is 5.69 Å². The van der Waals surface area contributed by atoms with Gasteiger partial charge in [-0.05, 0) is 6.92 Å². The molecule has 6 heteroatoms. The Kier molecular flexibility index (Phi) is 4.27. The topological polar surface area (TPSA) is 70.1 Å². The minimum Gasteiger partial charge on any atom is -0.461 e. The van der Waals surface area contributed by atoms with E-state index < -0.39 is 5.97 Å². The molecule has 0 amide bonds.